The van der Waals surface area contributed by atoms with E-state index >= 15 is 0 Å². The number of anilines is 1. The van der Waals surface area contributed by atoms with Gasteiger partial charge in [0.05, 0.1) is 13.0 Å². The van der Waals surface area contributed by atoms with Crippen LogP contribution in [0.1, 0.15) is 49.3 Å². The van der Waals surface area contributed by atoms with Crippen LogP contribution in [-0.4, -0.2) is 60.1 Å². The molecule has 4 rings (SSSR count). The van der Waals surface area contributed by atoms with Crippen molar-refractivity contribution in [2.45, 2.75) is 57.9 Å². The zero-order valence-corrected chi connectivity index (χ0v) is 21.1. The smallest absolute Gasteiger partial charge is 0.226 e. The van der Waals surface area contributed by atoms with Crippen LogP contribution in [0.3, 0.4) is 0 Å². The van der Waals surface area contributed by atoms with Gasteiger partial charge in [0, 0.05) is 45.1 Å². The van der Waals surface area contributed by atoms with E-state index in [1.807, 2.05) is 37.5 Å². The quantitative estimate of drug-likeness (QED) is 0.611. The molecule has 1 aromatic carbocycles. The molecule has 1 aliphatic carbocycles. The van der Waals surface area contributed by atoms with Crippen LogP contribution < -0.4 is 15.4 Å². The first-order valence-electron chi connectivity index (χ1n) is 12.6. The van der Waals surface area contributed by atoms with Crippen molar-refractivity contribution in [1.29, 1.82) is 0 Å². The molecule has 1 saturated heterocycles. The molecule has 2 heterocycles. The molecule has 2 unspecified atom stereocenters. The fraction of sp³-hybridized carbons (Fsp3) is 0.593. The Balaban J connectivity index is 1.21. The predicted octanol–water partition coefficient (Wildman–Crippen LogP) is 3.38. The van der Waals surface area contributed by atoms with Gasteiger partial charge in [-0.1, -0.05) is 13.0 Å². The minimum absolute atomic E-state index is 0.0980. The highest BCUT2D eigenvalue weighted by atomic mass is 16.5. The summed E-state index contributed by atoms with van der Waals surface area (Å²) in [6, 6.07) is 5.98. The minimum Gasteiger partial charge on any atom is -0.494 e. The van der Waals surface area contributed by atoms with Crippen LogP contribution in [0, 0.1) is 18.8 Å². The summed E-state index contributed by atoms with van der Waals surface area (Å²) < 4.78 is 6.04. The summed E-state index contributed by atoms with van der Waals surface area (Å²) in [6.07, 6.45) is 9.53. The Morgan fingerprint density at radius 1 is 1.24 bits per heavy atom. The van der Waals surface area contributed by atoms with Gasteiger partial charge in [0.2, 0.25) is 11.9 Å². The van der Waals surface area contributed by atoms with Crippen LogP contribution in [0.15, 0.2) is 30.6 Å². The number of carbonyl (C=O) groups is 1. The van der Waals surface area contributed by atoms with Crippen LogP contribution in [0.5, 0.6) is 5.75 Å². The summed E-state index contributed by atoms with van der Waals surface area (Å²) in [7, 11) is 3.57. The fourth-order valence-electron chi connectivity index (χ4n) is 5.11. The summed E-state index contributed by atoms with van der Waals surface area (Å²) in [6.45, 7) is 6.78. The third-order valence-corrected chi connectivity index (χ3v) is 7.66. The standard InChI is InChI=1S/C27H39N5O2/c1-5-20-17-29-26(30-18-20)32-11-8-21(9-12-32)24-16-27(24,28)10-13-34-23-7-6-22(19(2)14-23)15-25(33)31(3)4/h6-7,14,17-18,21,24H,5,8-13,15-16,28H2,1-4H3. The summed E-state index contributed by atoms with van der Waals surface area (Å²) >= 11 is 0. The first kappa shape index (κ1) is 24.5. The van der Waals surface area contributed by atoms with E-state index in [-0.39, 0.29) is 11.4 Å². The molecule has 1 amide bonds. The van der Waals surface area contributed by atoms with Gasteiger partial charge in [0.25, 0.3) is 0 Å². The number of ether oxygens (including phenoxy) is 1. The number of benzene rings is 1. The van der Waals surface area contributed by atoms with E-state index in [0.717, 1.165) is 68.0 Å². The van der Waals surface area contributed by atoms with Crippen molar-refractivity contribution in [2.24, 2.45) is 17.6 Å². The highest BCUT2D eigenvalue weighted by Gasteiger charge is 2.54. The molecule has 7 heteroatoms. The molecule has 2 fully saturated rings. The third kappa shape index (κ3) is 5.69. The topological polar surface area (TPSA) is 84.6 Å². The van der Waals surface area contributed by atoms with E-state index in [2.05, 4.69) is 21.8 Å². The largest absolute Gasteiger partial charge is 0.494 e. The van der Waals surface area contributed by atoms with Crippen LogP contribution >= 0.6 is 0 Å². The van der Waals surface area contributed by atoms with Gasteiger partial charge in [-0.3, -0.25) is 4.79 Å². The molecule has 2 atom stereocenters. The molecule has 1 saturated carbocycles. The number of amides is 1. The molecule has 34 heavy (non-hydrogen) atoms. The van der Waals surface area contributed by atoms with E-state index < -0.39 is 0 Å². The third-order valence-electron chi connectivity index (χ3n) is 7.66. The summed E-state index contributed by atoms with van der Waals surface area (Å²) in [5.74, 6) is 3.07. The normalized spacial score (nSPS) is 22.5. The van der Waals surface area contributed by atoms with E-state index in [0.29, 0.717) is 24.9 Å². The molecule has 184 valence electrons. The van der Waals surface area contributed by atoms with Crippen molar-refractivity contribution in [2.75, 3.05) is 38.7 Å². The Morgan fingerprint density at radius 3 is 2.56 bits per heavy atom. The molecule has 2 aromatic rings. The lowest BCUT2D eigenvalue weighted by atomic mass is 9.89. The number of likely N-dealkylation sites (N-methyl/N-ethyl adjacent to an activating group) is 1. The van der Waals surface area contributed by atoms with Crippen molar-refractivity contribution >= 4 is 11.9 Å². The molecule has 1 aliphatic heterocycles. The van der Waals surface area contributed by atoms with Crippen LogP contribution in [0.2, 0.25) is 0 Å². The van der Waals surface area contributed by atoms with E-state index in [4.69, 9.17) is 10.5 Å². The fourth-order valence-corrected chi connectivity index (χ4v) is 5.11. The van der Waals surface area contributed by atoms with Crippen LogP contribution in [-0.2, 0) is 17.6 Å². The number of nitrogens with zero attached hydrogens (tertiary/aromatic N) is 4. The van der Waals surface area contributed by atoms with Gasteiger partial charge in [-0.05, 0) is 79.7 Å². The molecule has 7 nitrogen and oxygen atoms in total. The number of carbonyl (C=O) groups excluding carboxylic acids is 1. The number of aromatic nitrogens is 2. The highest BCUT2D eigenvalue weighted by Crippen LogP contribution is 2.51. The molecular weight excluding hydrogens is 426 g/mol. The van der Waals surface area contributed by atoms with Crippen LogP contribution in [0.25, 0.3) is 0 Å². The molecule has 0 spiro atoms. The summed E-state index contributed by atoms with van der Waals surface area (Å²) in [5.41, 5.74) is 9.95. The average molecular weight is 466 g/mol. The maximum absolute atomic E-state index is 12.0. The Kier molecular flexibility index (Phi) is 7.41. The predicted molar refractivity (Wildman–Crippen MR) is 135 cm³/mol. The van der Waals surface area contributed by atoms with Crippen molar-refractivity contribution in [3.63, 3.8) is 0 Å². The van der Waals surface area contributed by atoms with Crippen molar-refractivity contribution in [1.82, 2.24) is 14.9 Å². The van der Waals surface area contributed by atoms with Gasteiger partial charge >= 0.3 is 0 Å². The second kappa shape index (κ2) is 10.3. The zero-order valence-electron chi connectivity index (χ0n) is 21.1. The molecule has 2 aliphatic rings. The number of hydrogen-bond acceptors (Lipinski definition) is 6. The molecule has 1 aromatic heterocycles. The Hall–Kier alpha value is -2.67. The van der Waals surface area contributed by atoms with Crippen LogP contribution in [0.4, 0.5) is 5.95 Å². The van der Waals surface area contributed by atoms with E-state index in [1.165, 1.54) is 5.56 Å². The second-order valence-electron chi connectivity index (χ2n) is 10.3. The summed E-state index contributed by atoms with van der Waals surface area (Å²) in [5, 5.41) is 0. The molecule has 2 N–H and O–H groups in total. The number of piperidine rings is 1. The lowest BCUT2D eigenvalue weighted by Crippen LogP contribution is -2.38. The number of hydrogen-bond donors (Lipinski definition) is 1. The lowest BCUT2D eigenvalue weighted by molar-refractivity contribution is -0.127. The first-order chi connectivity index (χ1) is 16.3. The van der Waals surface area contributed by atoms with E-state index in [1.54, 1.807) is 19.0 Å². The Labute approximate surface area is 203 Å². The molecule has 0 bridgehead atoms. The van der Waals surface area contributed by atoms with Crippen molar-refractivity contribution < 1.29 is 9.53 Å². The number of nitrogens with two attached hydrogens (primary N) is 1. The second-order valence-corrected chi connectivity index (χ2v) is 10.3. The van der Waals surface area contributed by atoms with Crippen molar-refractivity contribution in [3.05, 3.63) is 47.3 Å². The Bertz CT molecular complexity index is 985. The number of rotatable bonds is 9. The van der Waals surface area contributed by atoms with Gasteiger partial charge in [-0.2, -0.15) is 0 Å². The lowest BCUT2D eigenvalue weighted by Gasteiger charge is -2.33. The summed E-state index contributed by atoms with van der Waals surface area (Å²) in [4.78, 5) is 25.0. The average Bonchev–Trinajstić information content (AvgIpc) is 3.52. The maximum Gasteiger partial charge on any atom is 0.226 e. The first-order valence-corrected chi connectivity index (χ1v) is 12.6. The number of aryl methyl sites for hydroxylation is 2. The SMILES string of the molecule is CCc1cnc(N2CCC(C3CC3(N)CCOc3ccc(CC(=O)N(C)C)c(C)c3)CC2)nc1. The van der Waals surface area contributed by atoms with Crippen molar-refractivity contribution in [3.8, 4) is 5.75 Å². The van der Waals surface area contributed by atoms with Gasteiger partial charge < -0.3 is 20.3 Å². The molecule has 0 radical (unpaired) electrons. The monoisotopic (exact) mass is 465 g/mol. The molecular formula is C27H39N5O2. The van der Waals surface area contributed by atoms with Gasteiger partial charge in [0.1, 0.15) is 5.75 Å². The van der Waals surface area contributed by atoms with E-state index in [9.17, 15) is 4.79 Å². The van der Waals surface area contributed by atoms with Gasteiger partial charge in [0.15, 0.2) is 0 Å². The zero-order chi connectivity index (χ0) is 24.3. The highest BCUT2D eigenvalue weighted by molar-refractivity contribution is 5.78. The van der Waals surface area contributed by atoms with Gasteiger partial charge in [-0.15, -0.1) is 0 Å². The maximum atomic E-state index is 12.0. The minimum atomic E-state index is -0.0980. The van der Waals surface area contributed by atoms with Gasteiger partial charge in [-0.25, -0.2) is 9.97 Å². The Morgan fingerprint density at radius 2 is 1.94 bits per heavy atom.